The molecule has 0 aromatic heterocycles. The molecule has 3 aromatic rings. The molecule has 7 heteroatoms. The van der Waals surface area contributed by atoms with Crippen LogP contribution in [-0.4, -0.2) is 18.4 Å². The van der Waals surface area contributed by atoms with Gasteiger partial charge in [-0.15, -0.1) is 11.8 Å². The van der Waals surface area contributed by atoms with Crippen molar-refractivity contribution in [1.82, 2.24) is 5.32 Å². The Bertz CT molecular complexity index is 985. The summed E-state index contributed by atoms with van der Waals surface area (Å²) < 4.78 is 26.2. The lowest BCUT2D eigenvalue weighted by atomic mass is 10.1. The number of rotatable bonds is 7. The standard InChI is InChI=1S/C22H18F2N2O2S/c23-18-12-11-16(13-19(18)24)26-20(27)14-25-22(28)21(15-7-3-1-4-8-15)29-17-9-5-2-6-10-17/h1-13,21H,14H2,(H,25,28)(H,26,27). The van der Waals surface area contributed by atoms with E-state index in [0.717, 1.165) is 22.6 Å². The third kappa shape index (κ3) is 5.89. The molecule has 0 bridgehead atoms. The maximum absolute atomic E-state index is 13.2. The van der Waals surface area contributed by atoms with Gasteiger partial charge < -0.3 is 10.6 Å². The summed E-state index contributed by atoms with van der Waals surface area (Å²) in [6, 6.07) is 21.8. The van der Waals surface area contributed by atoms with Gasteiger partial charge in [-0.3, -0.25) is 9.59 Å². The van der Waals surface area contributed by atoms with Crippen LogP contribution in [0.3, 0.4) is 0 Å². The van der Waals surface area contributed by atoms with Crippen molar-refractivity contribution in [2.45, 2.75) is 10.1 Å². The minimum atomic E-state index is -1.06. The van der Waals surface area contributed by atoms with Gasteiger partial charge in [0.25, 0.3) is 0 Å². The van der Waals surface area contributed by atoms with Crippen molar-refractivity contribution in [2.24, 2.45) is 0 Å². The molecule has 3 aromatic carbocycles. The first kappa shape index (κ1) is 20.5. The molecule has 0 radical (unpaired) electrons. The molecule has 4 nitrogen and oxygen atoms in total. The lowest BCUT2D eigenvalue weighted by Crippen LogP contribution is -2.35. The Labute approximate surface area is 171 Å². The second kappa shape index (κ2) is 9.84. The van der Waals surface area contributed by atoms with Crippen LogP contribution >= 0.6 is 11.8 Å². The van der Waals surface area contributed by atoms with Gasteiger partial charge in [0.2, 0.25) is 11.8 Å². The number of amides is 2. The molecule has 0 saturated carbocycles. The molecule has 1 unspecified atom stereocenters. The van der Waals surface area contributed by atoms with Crippen LogP contribution in [0.15, 0.2) is 83.8 Å². The van der Waals surface area contributed by atoms with Crippen LogP contribution < -0.4 is 10.6 Å². The molecule has 0 heterocycles. The maximum atomic E-state index is 13.2. The number of halogens is 2. The third-order valence-corrected chi connectivity index (χ3v) is 5.23. The number of hydrogen-bond acceptors (Lipinski definition) is 3. The molecule has 2 amide bonds. The minimum absolute atomic E-state index is 0.112. The molecular formula is C22H18F2N2O2S. The van der Waals surface area contributed by atoms with E-state index < -0.39 is 22.8 Å². The van der Waals surface area contributed by atoms with E-state index in [1.165, 1.54) is 17.8 Å². The van der Waals surface area contributed by atoms with Crippen molar-refractivity contribution in [1.29, 1.82) is 0 Å². The first-order chi connectivity index (χ1) is 14.0. The second-order valence-corrected chi connectivity index (χ2v) is 7.30. The number of anilines is 1. The number of thioether (sulfide) groups is 1. The molecule has 0 aliphatic carbocycles. The van der Waals surface area contributed by atoms with Crippen molar-refractivity contribution in [3.8, 4) is 0 Å². The molecule has 3 rings (SSSR count). The molecular weight excluding hydrogens is 394 g/mol. The lowest BCUT2D eigenvalue weighted by Gasteiger charge is -2.17. The zero-order valence-corrected chi connectivity index (χ0v) is 16.1. The average molecular weight is 412 g/mol. The fourth-order valence-corrected chi connectivity index (χ4v) is 3.65. The first-order valence-corrected chi connectivity index (χ1v) is 9.70. The number of benzene rings is 3. The van der Waals surface area contributed by atoms with Crippen LogP contribution in [0, 0.1) is 11.6 Å². The molecule has 0 saturated heterocycles. The van der Waals surface area contributed by atoms with Gasteiger partial charge >= 0.3 is 0 Å². The summed E-state index contributed by atoms with van der Waals surface area (Å²) in [5.41, 5.74) is 0.918. The summed E-state index contributed by atoms with van der Waals surface area (Å²) in [7, 11) is 0. The smallest absolute Gasteiger partial charge is 0.243 e. The first-order valence-electron chi connectivity index (χ1n) is 8.82. The molecule has 148 valence electrons. The van der Waals surface area contributed by atoms with E-state index in [1.807, 2.05) is 60.7 Å². The molecule has 0 fully saturated rings. The second-order valence-electron chi connectivity index (χ2n) is 6.12. The van der Waals surface area contributed by atoms with E-state index in [9.17, 15) is 18.4 Å². The van der Waals surface area contributed by atoms with Gasteiger partial charge in [-0.25, -0.2) is 8.78 Å². The number of nitrogens with one attached hydrogen (secondary N) is 2. The SMILES string of the molecule is O=C(CNC(=O)C(Sc1ccccc1)c1ccccc1)Nc1ccc(F)c(F)c1. The summed E-state index contributed by atoms with van der Waals surface area (Å²) in [6.45, 7) is -0.295. The van der Waals surface area contributed by atoms with E-state index in [1.54, 1.807) is 0 Å². The maximum Gasteiger partial charge on any atom is 0.243 e. The Balaban J connectivity index is 1.64. The highest BCUT2D eigenvalue weighted by Crippen LogP contribution is 2.35. The van der Waals surface area contributed by atoms with Gasteiger partial charge in [0.05, 0.1) is 6.54 Å². The van der Waals surface area contributed by atoms with Gasteiger partial charge in [0.15, 0.2) is 11.6 Å². The van der Waals surface area contributed by atoms with Gasteiger partial charge in [-0.2, -0.15) is 0 Å². The number of carbonyl (C=O) groups excluding carboxylic acids is 2. The van der Waals surface area contributed by atoms with Crippen LogP contribution in [0.4, 0.5) is 14.5 Å². The van der Waals surface area contributed by atoms with Gasteiger partial charge in [-0.1, -0.05) is 48.5 Å². The third-order valence-electron chi connectivity index (χ3n) is 3.96. The molecule has 0 spiro atoms. The van der Waals surface area contributed by atoms with Crippen molar-refractivity contribution in [3.63, 3.8) is 0 Å². The fourth-order valence-electron chi connectivity index (χ4n) is 2.58. The minimum Gasteiger partial charge on any atom is -0.346 e. The van der Waals surface area contributed by atoms with E-state index in [0.29, 0.717) is 0 Å². The fraction of sp³-hybridized carbons (Fsp3) is 0.0909. The Morgan fingerprint density at radius 3 is 2.17 bits per heavy atom. The van der Waals surface area contributed by atoms with Gasteiger partial charge in [0.1, 0.15) is 5.25 Å². The van der Waals surface area contributed by atoms with Crippen LogP contribution in [0.1, 0.15) is 10.8 Å². The summed E-state index contributed by atoms with van der Waals surface area (Å²) >= 11 is 1.37. The highest BCUT2D eigenvalue weighted by molar-refractivity contribution is 8.00. The zero-order chi connectivity index (χ0) is 20.6. The topological polar surface area (TPSA) is 58.2 Å². The van der Waals surface area contributed by atoms with Crippen molar-refractivity contribution in [3.05, 3.63) is 96.1 Å². The van der Waals surface area contributed by atoms with Crippen molar-refractivity contribution < 1.29 is 18.4 Å². The Morgan fingerprint density at radius 2 is 1.52 bits per heavy atom. The van der Waals surface area contributed by atoms with Crippen LogP contribution in [0.5, 0.6) is 0 Å². The molecule has 2 N–H and O–H groups in total. The predicted molar refractivity (Wildman–Crippen MR) is 109 cm³/mol. The Hall–Kier alpha value is -3.19. The van der Waals surface area contributed by atoms with Crippen molar-refractivity contribution in [2.75, 3.05) is 11.9 Å². The number of carbonyl (C=O) groups is 2. The molecule has 0 aliphatic rings. The predicted octanol–water partition coefficient (Wildman–Crippen LogP) is 4.55. The highest BCUT2D eigenvalue weighted by Gasteiger charge is 2.22. The summed E-state index contributed by atoms with van der Waals surface area (Å²) in [6.07, 6.45) is 0. The molecule has 29 heavy (non-hydrogen) atoms. The normalized spacial score (nSPS) is 11.5. The summed E-state index contributed by atoms with van der Waals surface area (Å²) in [4.78, 5) is 25.8. The highest BCUT2D eigenvalue weighted by atomic mass is 32.2. The van der Waals surface area contributed by atoms with E-state index in [-0.39, 0.29) is 18.1 Å². The van der Waals surface area contributed by atoms with Crippen molar-refractivity contribution >= 4 is 29.3 Å². The summed E-state index contributed by atoms with van der Waals surface area (Å²) in [5.74, 6) is -2.93. The van der Waals surface area contributed by atoms with E-state index in [4.69, 9.17) is 0 Å². The van der Waals surface area contributed by atoms with E-state index in [2.05, 4.69) is 10.6 Å². The lowest BCUT2D eigenvalue weighted by molar-refractivity contribution is -0.123. The van der Waals surface area contributed by atoms with Crippen LogP contribution in [0.25, 0.3) is 0 Å². The molecule has 1 atom stereocenters. The quantitative estimate of drug-likeness (QED) is 0.560. The zero-order valence-electron chi connectivity index (χ0n) is 15.3. The van der Waals surface area contributed by atoms with Gasteiger partial charge in [-0.05, 0) is 29.8 Å². The average Bonchev–Trinajstić information content (AvgIpc) is 2.74. The Kier molecular flexibility index (Phi) is 6.97. The monoisotopic (exact) mass is 412 g/mol. The Morgan fingerprint density at radius 1 is 0.862 bits per heavy atom. The van der Waals surface area contributed by atoms with Crippen LogP contribution in [-0.2, 0) is 9.59 Å². The van der Waals surface area contributed by atoms with E-state index >= 15 is 0 Å². The van der Waals surface area contributed by atoms with Gasteiger partial charge in [0, 0.05) is 16.6 Å². The largest absolute Gasteiger partial charge is 0.346 e. The number of hydrogen-bond donors (Lipinski definition) is 2. The molecule has 0 aliphatic heterocycles. The van der Waals surface area contributed by atoms with Crippen LogP contribution in [0.2, 0.25) is 0 Å². The summed E-state index contributed by atoms with van der Waals surface area (Å²) in [5, 5.41) is 4.49.